The highest BCUT2D eigenvalue weighted by Crippen LogP contribution is 2.41. The molecule has 4 nitrogen and oxygen atoms in total. The molecule has 0 bridgehead atoms. The second kappa shape index (κ2) is 8.51. The van der Waals surface area contributed by atoms with Gasteiger partial charge in [0.15, 0.2) is 0 Å². The van der Waals surface area contributed by atoms with Crippen LogP contribution in [0.4, 0.5) is 0 Å². The van der Waals surface area contributed by atoms with Gasteiger partial charge in [-0.15, -0.1) is 0 Å². The molecule has 0 amide bonds. The smallest absolute Gasteiger partial charge is 1.00 e. The number of nitrogens with zero attached hydrogens (tertiary/aromatic N) is 1. The fourth-order valence-electron chi connectivity index (χ4n) is 3.00. The summed E-state index contributed by atoms with van der Waals surface area (Å²) in [5, 5.41) is 10.9. The van der Waals surface area contributed by atoms with E-state index in [1.165, 1.54) is 0 Å². The van der Waals surface area contributed by atoms with E-state index in [0.717, 1.165) is 18.4 Å². The molecule has 1 aliphatic carbocycles. The lowest BCUT2D eigenvalue weighted by Crippen LogP contribution is -3.00. The Morgan fingerprint density at radius 1 is 1.32 bits per heavy atom. The van der Waals surface area contributed by atoms with Gasteiger partial charge in [0, 0.05) is 6.54 Å². The standard InChI is InChI=1S/C17H25NO3.ClH/c1-18(2)12-13-21-16(19)15(14-8-4-3-5-9-14)17(20)10-6-7-11-17;/h3-5,8-9,15,20H,6-7,10-13H2,1-2H3;1H. The van der Waals surface area contributed by atoms with Crippen molar-refractivity contribution in [2.45, 2.75) is 37.2 Å². The first-order valence-corrected chi connectivity index (χ1v) is 7.62. The zero-order chi connectivity index (χ0) is 15.3. The number of likely N-dealkylation sites (N-methyl/N-ethyl adjacent to an activating group) is 1. The molecule has 0 aliphatic heterocycles. The van der Waals surface area contributed by atoms with Crippen molar-refractivity contribution in [2.24, 2.45) is 0 Å². The summed E-state index contributed by atoms with van der Waals surface area (Å²) in [5.41, 5.74) is -0.118. The topological polar surface area (TPSA) is 49.8 Å². The Morgan fingerprint density at radius 3 is 2.45 bits per heavy atom. The third-order valence-electron chi connectivity index (χ3n) is 4.16. The number of ether oxygens (including phenoxy) is 1. The van der Waals surface area contributed by atoms with Crippen molar-refractivity contribution < 1.29 is 28.5 Å². The second-order valence-corrected chi connectivity index (χ2v) is 6.13. The molecule has 1 unspecified atom stereocenters. The van der Waals surface area contributed by atoms with Crippen LogP contribution < -0.4 is 12.4 Å². The number of carbonyl (C=O) groups is 1. The van der Waals surface area contributed by atoms with Crippen molar-refractivity contribution >= 4 is 5.97 Å². The predicted octanol–water partition coefficient (Wildman–Crippen LogP) is -0.703. The maximum atomic E-state index is 12.5. The van der Waals surface area contributed by atoms with E-state index in [4.69, 9.17) is 4.74 Å². The van der Waals surface area contributed by atoms with Crippen molar-refractivity contribution in [3.63, 3.8) is 0 Å². The zero-order valence-corrected chi connectivity index (χ0v) is 14.1. The van der Waals surface area contributed by atoms with E-state index in [0.29, 0.717) is 26.0 Å². The molecule has 0 spiro atoms. The van der Waals surface area contributed by atoms with E-state index in [2.05, 4.69) is 0 Å². The highest BCUT2D eigenvalue weighted by Gasteiger charge is 2.45. The Kier molecular flexibility index (Phi) is 7.33. The van der Waals surface area contributed by atoms with E-state index >= 15 is 0 Å². The third kappa shape index (κ3) is 4.70. The zero-order valence-electron chi connectivity index (χ0n) is 14.3. The molecular formula is C17H26ClNO3. The Hall–Kier alpha value is -1.10. The number of benzene rings is 1. The van der Waals surface area contributed by atoms with Gasteiger partial charge < -0.3 is 27.2 Å². The van der Waals surface area contributed by atoms with Crippen molar-refractivity contribution in [1.82, 2.24) is 4.90 Å². The number of hydrogen-bond donors (Lipinski definition) is 1. The van der Waals surface area contributed by atoms with Gasteiger partial charge in [0.05, 0.1) is 5.60 Å². The number of rotatable bonds is 6. The molecular weight excluding hydrogens is 302 g/mol. The van der Waals surface area contributed by atoms with E-state index in [1.54, 1.807) is 0 Å². The second-order valence-electron chi connectivity index (χ2n) is 6.13. The Morgan fingerprint density at radius 2 is 1.91 bits per heavy atom. The summed E-state index contributed by atoms with van der Waals surface area (Å²) in [5.74, 6) is -0.893. The maximum Gasteiger partial charge on any atom is 1.00 e. The summed E-state index contributed by atoms with van der Waals surface area (Å²) in [6.07, 6.45) is 3.25. The number of aliphatic hydroxyl groups is 1. The van der Waals surface area contributed by atoms with Crippen molar-refractivity contribution in [2.75, 3.05) is 27.2 Å². The van der Waals surface area contributed by atoms with Gasteiger partial charge >= 0.3 is 7.40 Å². The van der Waals surface area contributed by atoms with E-state index in [1.807, 2.05) is 49.3 Å². The van der Waals surface area contributed by atoms with Crippen molar-refractivity contribution in [3.8, 4) is 0 Å². The van der Waals surface area contributed by atoms with Crippen LogP contribution in [-0.4, -0.2) is 48.8 Å². The van der Waals surface area contributed by atoms with Crippen molar-refractivity contribution in [1.29, 1.82) is 0 Å². The predicted molar refractivity (Wildman–Crippen MR) is 83.2 cm³/mol. The van der Waals surface area contributed by atoms with Gasteiger partial charge in [0.1, 0.15) is 12.5 Å². The summed E-state index contributed by atoms with van der Waals surface area (Å²) in [4.78, 5) is 14.5. The summed E-state index contributed by atoms with van der Waals surface area (Å²) in [6, 6.07) is 9.50. The Bertz CT molecular complexity index is 464. The molecule has 1 saturated carbocycles. The largest absolute Gasteiger partial charge is 1.00 e. The van der Waals surface area contributed by atoms with Crippen LogP contribution in [0.1, 0.15) is 38.6 Å². The lowest BCUT2D eigenvalue weighted by molar-refractivity contribution is -0.152. The summed E-state index contributed by atoms with van der Waals surface area (Å²) < 4.78 is 5.41. The highest BCUT2D eigenvalue weighted by molar-refractivity contribution is 5.80. The fraction of sp³-hybridized carbons (Fsp3) is 0.588. The van der Waals surface area contributed by atoms with Gasteiger partial charge in [-0.1, -0.05) is 43.2 Å². The third-order valence-corrected chi connectivity index (χ3v) is 4.16. The fourth-order valence-corrected chi connectivity index (χ4v) is 3.00. The summed E-state index contributed by atoms with van der Waals surface area (Å²) in [7, 11) is 3.88. The van der Waals surface area contributed by atoms with Crippen molar-refractivity contribution in [3.05, 3.63) is 35.9 Å². The molecule has 1 N–H and O–H groups in total. The molecule has 1 fully saturated rings. The number of hydrogen-bond acceptors (Lipinski definition) is 4. The molecule has 0 heterocycles. The molecule has 1 aliphatic rings. The average molecular weight is 328 g/mol. The normalized spacial score (nSPS) is 17.8. The van der Waals surface area contributed by atoms with Crippen LogP contribution >= 0.6 is 0 Å². The van der Waals surface area contributed by atoms with Crippen LogP contribution in [-0.2, 0) is 9.53 Å². The van der Waals surface area contributed by atoms with Crippen LogP contribution in [0.5, 0.6) is 0 Å². The lowest BCUT2D eigenvalue weighted by atomic mass is 9.81. The number of carbonyl (C=O) groups excluding carboxylic acids is 1. The van der Waals surface area contributed by atoms with E-state index in [-0.39, 0.29) is 19.8 Å². The molecule has 5 heteroatoms. The molecule has 0 aromatic heterocycles. The van der Waals surface area contributed by atoms with Crippen LogP contribution in [0.2, 0.25) is 0 Å². The molecule has 124 valence electrons. The highest BCUT2D eigenvalue weighted by atomic mass is 35.5. The number of halogens is 1. The first kappa shape index (κ1) is 18.9. The van der Waals surface area contributed by atoms with Crippen LogP contribution in [0, 0.1) is 0 Å². The quantitative estimate of drug-likeness (QED) is 0.702. The monoisotopic (exact) mass is 327 g/mol. The lowest BCUT2D eigenvalue weighted by Gasteiger charge is -2.31. The molecule has 1 aromatic rings. The molecule has 1 atom stereocenters. The molecule has 22 heavy (non-hydrogen) atoms. The number of esters is 1. The Balaban J connectivity index is 0.00000242. The minimum absolute atomic E-state index is 0. The first-order chi connectivity index (χ1) is 10.0. The van der Waals surface area contributed by atoms with E-state index in [9.17, 15) is 9.90 Å². The van der Waals surface area contributed by atoms with Gasteiger partial charge in [-0.25, -0.2) is 0 Å². The summed E-state index contributed by atoms with van der Waals surface area (Å²) >= 11 is 0. The van der Waals surface area contributed by atoms with Gasteiger partial charge in [0.2, 0.25) is 0 Å². The van der Waals surface area contributed by atoms with E-state index < -0.39 is 11.5 Å². The molecule has 0 radical (unpaired) electrons. The molecule has 1 aromatic carbocycles. The minimum Gasteiger partial charge on any atom is -1.00 e. The maximum absolute atomic E-state index is 12.5. The molecule has 2 rings (SSSR count). The summed E-state index contributed by atoms with van der Waals surface area (Å²) in [6.45, 7) is 1.04. The van der Waals surface area contributed by atoms with Crippen LogP contribution in [0.15, 0.2) is 30.3 Å². The SMILES string of the molecule is CN(C)CCOC(=O)C(c1ccccc1)C1(O)CCCC1.[Cl-].[H+]. The minimum atomic E-state index is -0.962. The first-order valence-electron chi connectivity index (χ1n) is 7.62. The van der Waals surface area contributed by atoms with Crippen LogP contribution in [0.25, 0.3) is 0 Å². The van der Waals surface area contributed by atoms with Gasteiger partial charge in [-0.3, -0.25) is 4.79 Å². The van der Waals surface area contributed by atoms with Gasteiger partial charge in [0.25, 0.3) is 0 Å². The van der Waals surface area contributed by atoms with Crippen LogP contribution in [0.3, 0.4) is 0 Å². The van der Waals surface area contributed by atoms with Gasteiger partial charge in [-0.05, 0) is 32.5 Å². The average Bonchev–Trinajstić information content (AvgIpc) is 2.87. The van der Waals surface area contributed by atoms with Gasteiger partial charge in [-0.2, -0.15) is 0 Å². The Labute approximate surface area is 140 Å². The molecule has 0 saturated heterocycles.